The van der Waals surface area contributed by atoms with Crippen molar-refractivity contribution in [2.75, 3.05) is 18.5 Å². The van der Waals surface area contributed by atoms with Crippen molar-refractivity contribution in [1.29, 1.82) is 0 Å². The topological polar surface area (TPSA) is 46.8 Å². The van der Waals surface area contributed by atoms with Gasteiger partial charge >= 0.3 is 6.18 Å². The Balaban J connectivity index is 1.70. The van der Waals surface area contributed by atoms with Crippen LogP contribution in [0.1, 0.15) is 17.9 Å². The molecule has 3 heterocycles. The molecule has 0 aromatic carbocycles. The van der Waals surface area contributed by atoms with Gasteiger partial charge in [-0.25, -0.2) is 15.0 Å². The Hall–Kier alpha value is -1.64. The average molecular weight is 390 g/mol. The molecule has 2 aromatic rings. The fourth-order valence-corrected chi connectivity index (χ4v) is 3.38. The minimum absolute atomic E-state index is 0.240. The summed E-state index contributed by atoms with van der Waals surface area (Å²) in [6, 6.07) is 0. The van der Waals surface area contributed by atoms with Crippen LogP contribution in [0.15, 0.2) is 23.2 Å². The first-order valence-electron chi connectivity index (χ1n) is 7.14. The number of hydrogen-bond acceptors (Lipinski definition) is 4. The predicted octanol–water partition coefficient (Wildman–Crippen LogP) is 3.15. The predicted molar refractivity (Wildman–Crippen MR) is 82.0 cm³/mol. The molecule has 1 atom stereocenters. The van der Waals surface area contributed by atoms with Crippen LogP contribution in [0, 0.1) is 5.92 Å². The second kappa shape index (κ2) is 6.10. The lowest BCUT2D eigenvalue weighted by atomic mass is 9.99. The molecule has 5 nitrogen and oxygen atoms in total. The number of rotatable bonds is 3. The largest absolute Gasteiger partial charge is 0.434 e. The van der Waals surface area contributed by atoms with Gasteiger partial charge in [-0.05, 0) is 28.3 Å². The fourth-order valence-electron chi connectivity index (χ4n) is 2.86. The van der Waals surface area contributed by atoms with Crippen molar-refractivity contribution < 1.29 is 13.2 Å². The lowest BCUT2D eigenvalue weighted by molar-refractivity contribution is -0.141. The third-order valence-electron chi connectivity index (χ3n) is 3.92. The molecule has 0 spiro atoms. The van der Waals surface area contributed by atoms with Crippen LogP contribution in [0.2, 0.25) is 0 Å². The maximum absolute atomic E-state index is 12.7. The van der Waals surface area contributed by atoms with Crippen molar-refractivity contribution in [3.63, 3.8) is 0 Å². The zero-order valence-electron chi connectivity index (χ0n) is 12.4. The van der Waals surface area contributed by atoms with Gasteiger partial charge < -0.3 is 9.47 Å². The number of halogens is 4. The lowest BCUT2D eigenvalue weighted by Gasteiger charge is -2.29. The Kier molecular flexibility index (Phi) is 4.31. The third kappa shape index (κ3) is 3.49. The molecule has 0 amide bonds. The molecule has 0 aliphatic carbocycles. The molecule has 0 radical (unpaired) electrons. The molecule has 1 unspecified atom stereocenters. The summed E-state index contributed by atoms with van der Waals surface area (Å²) >= 11 is 3.41. The van der Waals surface area contributed by atoms with Crippen molar-refractivity contribution in [2.24, 2.45) is 5.92 Å². The van der Waals surface area contributed by atoms with Gasteiger partial charge in [-0.3, -0.25) is 0 Å². The van der Waals surface area contributed by atoms with E-state index >= 15 is 0 Å². The van der Waals surface area contributed by atoms with E-state index in [9.17, 15) is 13.2 Å². The fraction of sp³-hybridized carbons (Fsp3) is 0.500. The van der Waals surface area contributed by atoms with Gasteiger partial charge in [-0.15, -0.1) is 0 Å². The molecule has 124 valence electrons. The average Bonchev–Trinajstić information content (AvgIpc) is 2.91. The number of alkyl halides is 3. The van der Waals surface area contributed by atoms with Crippen molar-refractivity contribution in [1.82, 2.24) is 19.5 Å². The molecule has 1 aliphatic heterocycles. The van der Waals surface area contributed by atoms with Crippen molar-refractivity contribution >= 4 is 21.7 Å². The van der Waals surface area contributed by atoms with Crippen LogP contribution in [-0.2, 0) is 19.1 Å². The number of aryl methyl sites for hydroxylation is 1. The first kappa shape index (κ1) is 16.2. The van der Waals surface area contributed by atoms with Gasteiger partial charge in [0.25, 0.3) is 0 Å². The number of aromatic nitrogens is 4. The highest BCUT2D eigenvalue weighted by Gasteiger charge is 2.35. The Morgan fingerprint density at radius 3 is 2.91 bits per heavy atom. The highest BCUT2D eigenvalue weighted by Crippen LogP contribution is 2.31. The molecular formula is C14H15BrF3N5. The van der Waals surface area contributed by atoms with Crippen LogP contribution in [0.4, 0.5) is 19.0 Å². The summed E-state index contributed by atoms with van der Waals surface area (Å²) < 4.78 is 40.6. The van der Waals surface area contributed by atoms with Crippen LogP contribution < -0.4 is 4.90 Å². The number of hydrogen-bond donors (Lipinski definition) is 0. The first-order chi connectivity index (χ1) is 10.8. The SMILES string of the molecule is CN(CC1CCc2nc(C(F)(F)F)cn2C1)c1ncncc1Br. The Bertz CT molecular complexity index is 700. The molecule has 0 N–H and O–H groups in total. The zero-order chi connectivity index (χ0) is 16.6. The van der Waals surface area contributed by atoms with E-state index in [2.05, 4.69) is 30.9 Å². The summed E-state index contributed by atoms with van der Waals surface area (Å²) in [7, 11) is 1.91. The van der Waals surface area contributed by atoms with Gasteiger partial charge in [-0.1, -0.05) is 0 Å². The maximum Gasteiger partial charge on any atom is 0.434 e. The second-order valence-electron chi connectivity index (χ2n) is 5.67. The summed E-state index contributed by atoms with van der Waals surface area (Å²) in [5.74, 6) is 1.52. The normalized spacial score (nSPS) is 17.9. The monoisotopic (exact) mass is 389 g/mol. The summed E-state index contributed by atoms with van der Waals surface area (Å²) in [5.41, 5.74) is -0.806. The number of nitrogens with zero attached hydrogens (tertiary/aromatic N) is 5. The quantitative estimate of drug-likeness (QED) is 0.808. The van der Waals surface area contributed by atoms with Gasteiger partial charge in [-0.2, -0.15) is 13.2 Å². The highest BCUT2D eigenvalue weighted by molar-refractivity contribution is 9.10. The molecule has 1 aliphatic rings. The van der Waals surface area contributed by atoms with E-state index in [0.717, 1.165) is 22.9 Å². The van der Waals surface area contributed by atoms with Crippen LogP contribution in [-0.4, -0.2) is 33.1 Å². The van der Waals surface area contributed by atoms with Gasteiger partial charge in [0.15, 0.2) is 5.69 Å². The number of fused-ring (bicyclic) bond motifs is 1. The molecule has 9 heteroatoms. The molecule has 2 aromatic heterocycles. The minimum Gasteiger partial charge on any atom is -0.358 e. The van der Waals surface area contributed by atoms with Crippen molar-refractivity contribution in [3.8, 4) is 0 Å². The van der Waals surface area contributed by atoms with Gasteiger partial charge in [0.05, 0.1) is 4.47 Å². The van der Waals surface area contributed by atoms with Crippen LogP contribution in [0.5, 0.6) is 0 Å². The Morgan fingerprint density at radius 2 is 2.22 bits per heavy atom. The van der Waals surface area contributed by atoms with E-state index in [1.165, 1.54) is 6.33 Å². The standard InChI is InChI=1S/C14H15BrF3N5/c1-22(13-10(15)4-19-8-20-13)5-9-2-3-12-21-11(14(16,17)18)7-23(12)6-9/h4,7-9H,2-3,5-6H2,1H3. The van der Waals surface area contributed by atoms with Gasteiger partial charge in [0.2, 0.25) is 0 Å². The Morgan fingerprint density at radius 1 is 1.43 bits per heavy atom. The van der Waals surface area contributed by atoms with Gasteiger partial charge in [0.1, 0.15) is 18.0 Å². The summed E-state index contributed by atoms with van der Waals surface area (Å²) in [6.45, 7) is 1.24. The minimum atomic E-state index is -4.39. The van der Waals surface area contributed by atoms with E-state index in [1.54, 1.807) is 10.8 Å². The van der Waals surface area contributed by atoms with E-state index < -0.39 is 11.9 Å². The summed E-state index contributed by atoms with van der Waals surface area (Å²) in [5, 5.41) is 0. The van der Waals surface area contributed by atoms with E-state index in [-0.39, 0.29) is 5.92 Å². The van der Waals surface area contributed by atoms with Crippen LogP contribution in [0.25, 0.3) is 0 Å². The molecule has 3 rings (SSSR count). The maximum atomic E-state index is 12.7. The number of imidazole rings is 1. The second-order valence-corrected chi connectivity index (χ2v) is 6.53. The van der Waals surface area contributed by atoms with Crippen molar-refractivity contribution in [3.05, 3.63) is 34.7 Å². The smallest absolute Gasteiger partial charge is 0.358 e. The molecular weight excluding hydrogens is 375 g/mol. The van der Waals surface area contributed by atoms with E-state index in [1.807, 2.05) is 11.9 Å². The molecule has 0 saturated heterocycles. The molecule has 0 bridgehead atoms. The molecule has 0 saturated carbocycles. The highest BCUT2D eigenvalue weighted by atomic mass is 79.9. The van der Waals surface area contributed by atoms with Gasteiger partial charge in [0, 0.05) is 39.0 Å². The lowest BCUT2D eigenvalue weighted by Crippen LogP contribution is -2.32. The third-order valence-corrected chi connectivity index (χ3v) is 4.48. The Labute approximate surface area is 139 Å². The van der Waals surface area contributed by atoms with E-state index in [4.69, 9.17) is 0 Å². The van der Waals surface area contributed by atoms with E-state index in [0.29, 0.717) is 25.3 Å². The summed E-state index contributed by atoms with van der Waals surface area (Å²) in [4.78, 5) is 13.8. The molecule has 0 fully saturated rings. The first-order valence-corrected chi connectivity index (χ1v) is 7.94. The van der Waals surface area contributed by atoms with Crippen LogP contribution in [0.3, 0.4) is 0 Å². The molecule has 23 heavy (non-hydrogen) atoms. The zero-order valence-corrected chi connectivity index (χ0v) is 14.0. The summed E-state index contributed by atoms with van der Waals surface area (Å²) in [6.07, 6.45) is 1.23. The van der Waals surface area contributed by atoms with Crippen molar-refractivity contribution in [2.45, 2.75) is 25.6 Å². The van der Waals surface area contributed by atoms with Crippen LogP contribution >= 0.6 is 15.9 Å². The number of anilines is 1.